The normalized spacial score (nSPS) is 11.4. The van der Waals surface area contributed by atoms with Crippen LogP contribution in [-0.4, -0.2) is 0 Å². The van der Waals surface area contributed by atoms with E-state index in [1.165, 1.54) is 75.9 Å². The van der Waals surface area contributed by atoms with Crippen molar-refractivity contribution in [2.75, 3.05) is 9.80 Å². The standard InChI is InChI=1S/C44H36N2S/c1-29-15-13-19-33(27-29)45(38-24-10-5-17-31(38)3)42-35-21-7-8-22-36(35)43(44-41(42)37-23-9-12-26-40(37)47-44)46(34-20-14-16-30(2)28-34)39-25-11-6-18-32(39)4/h5-28H,1-4H3. The summed E-state index contributed by atoms with van der Waals surface area (Å²) in [5.74, 6) is 0. The summed E-state index contributed by atoms with van der Waals surface area (Å²) in [4.78, 5) is 5.00. The zero-order chi connectivity index (χ0) is 32.1. The van der Waals surface area contributed by atoms with E-state index in [4.69, 9.17) is 0 Å². The van der Waals surface area contributed by atoms with E-state index in [2.05, 4.69) is 183 Å². The summed E-state index contributed by atoms with van der Waals surface area (Å²) in [5, 5.41) is 4.98. The predicted octanol–water partition coefficient (Wildman–Crippen LogP) is 13.4. The van der Waals surface area contributed by atoms with Gasteiger partial charge in [-0.05, 0) is 92.4 Å². The summed E-state index contributed by atoms with van der Waals surface area (Å²) < 4.78 is 2.55. The van der Waals surface area contributed by atoms with Crippen LogP contribution in [0.4, 0.5) is 34.1 Å². The Kier molecular flexibility index (Phi) is 7.27. The maximum atomic E-state index is 2.50. The average molecular weight is 625 g/mol. The molecule has 228 valence electrons. The molecule has 0 saturated heterocycles. The second kappa shape index (κ2) is 11.8. The molecule has 0 radical (unpaired) electrons. The highest BCUT2D eigenvalue weighted by atomic mass is 32.1. The van der Waals surface area contributed by atoms with Gasteiger partial charge in [-0.1, -0.05) is 103 Å². The Labute approximate surface area is 280 Å². The predicted molar refractivity (Wildman–Crippen MR) is 205 cm³/mol. The average Bonchev–Trinajstić information content (AvgIpc) is 3.47. The molecule has 0 bridgehead atoms. The molecule has 8 aromatic rings. The lowest BCUT2D eigenvalue weighted by molar-refractivity contribution is 1.25. The summed E-state index contributed by atoms with van der Waals surface area (Å²) in [6.07, 6.45) is 0. The molecule has 0 saturated carbocycles. The van der Waals surface area contributed by atoms with Crippen molar-refractivity contribution >= 4 is 76.4 Å². The number of nitrogens with zero attached hydrogens (tertiary/aromatic N) is 2. The van der Waals surface area contributed by atoms with Gasteiger partial charge in [0.25, 0.3) is 0 Å². The van der Waals surface area contributed by atoms with Gasteiger partial charge in [0.1, 0.15) is 0 Å². The first-order valence-electron chi connectivity index (χ1n) is 16.2. The summed E-state index contributed by atoms with van der Waals surface area (Å²) in [6.45, 7) is 8.79. The van der Waals surface area contributed by atoms with Crippen LogP contribution in [-0.2, 0) is 0 Å². The number of benzene rings is 7. The van der Waals surface area contributed by atoms with Crippen LogP contribution in [0, 0.1) is 27.7 Å². The lowest BCUT2D eigenvalue weighted by atomic mass is 9.97. The topological polar surface area (TPSA) is 6.48 Å². The maximum Gasteiger partial charge on any atom is 0.0720 e. The molecule has 0 spiro atoms. The fraction of sp³-hybridized carbons (Fsp3) is 0.0909. The molecule has 0 aliphatic rings. The van der Waals surface area contributed by atoms with Crippen molar-refractivity contribution in [1.29, 1.82) is 0 Å². The highest BCUT2D eigenvalue weighted by Crippen LogP contribution is 2.55. The SMILES string of the molecule is Cc1cccc(N(c2ccccc2C)c2c3ccccc3c(N(c3cccc(C)c3)c3ccccc3C)c3c2sc2ccccc23)c1. The van der Waals surface area contributed by atoms with E-state index in [1.54, 1.807) is 0 Å². The third-order valence-corrected chi connectivity index (χ3v) is 10.3. The highest BCUT2D eigenvalue weighted by Gasteiger charge is 2.28. The fourth-order valence-electron chi connectivity index (χ4n) is 6.99. The Morgan fingerprint density at radius 3 is 1.45 bits per heavy atom. The third kappa shape index (κ3) is 4.95. The van der Waals surface area contributed by atoms with Crippen LogP contribution in [0.3, 0.4) is 0 Å². The molecule has 0 fully saturated rings. The first kappa shape index (κ1) is 29.1. The van der Waals surface area contributed by atoms with Crippen molar-refractivity contribution in [3.8, 4) is 0 Å². The quantitative estimate of drug-likeness (QED) is 0.170. The van der Waals surface area contributed by atoms with E-state index < -0.39 is 0 Å². The van der Waals surface area contributed by atoms with Gasteiger partial charge in [0, 0.05) is 49.0 Å². The van der Waals surface area contributed by atoms with Gasteiger partial charge in [0.15, 0.2) is 0 Å². The van der Waals surface area contributed by atoms with E-state index >= 15 is 0 Å². The number of hydrogen-bond acceptors (Lipinski definition) is 3. The number of hydrogen-bond donors (Lipinski definition) is 0. The maximum absolute atomic E-state index is 2.50. The summed E-state index contributed by atoms with van der Waals surface area (Å²) in [6, 6.07) is 53.2. The molecule has 7 aromatic carbocycles. The lowest BCUT2D eigenvalue weighted by Crippen LogP contribution is -2.15. The monoisotopic (exact) mass is 624 g/mol. The second-order valence-electron chi connectivity index (χ2n) is 12.5. The van der Waals surface area contributed by atoms with Crippen LogP contribution in [0.25, 0.3) is 30.9 Å². The van der Waals surface area contributed by atoms with Crippen molar-refractivity contribution < 1.29 is 0 Å². The Hall–Kier alpha value is -5.38. The number of anilines is 6. The van der Waals surface area contributed by atoms with E-state index in [0.29, 0.717) is 0 Å². The lowest BCUT2D eigenvalue weighted by Gasteiger charge is -2.33. The molecule has 1 heterocycles. The number of para-hydroxylation sites is 2. The zero-order valence-corrected chi connectivity index (χ0v) is 28.0. The Morgan fingerprint density at radius 1 is 0.426 bits per heavy atom. The molecule has 0 unspecified atom stereocenters. The van der Waals surface area contributed by atoms with Gasteiger partial charge in [-0.15, -0.1) is 11.3 Å². The van der Waals surface area contributed by atoms with Gasteiger partial charge < -0.3 is 9.80 Å². The minimum atomic E-state index is 1.16. The first-order valence-corrected chi connectivity index (χ1v) is 17.0. The first-order chi connectivity index (χ1) is 23.0. The molecule has 0 aliphatic heterocycles. The van der Waals surface area contributed by atoms with Crippen LogP contribution in [0.15, 0.2) is 146 Å². The minimum Gasteiger partial charge on any atom is -0.309 e. The van der Waals surface area contributed by atoms with Gasteiger partial charge >= 0.3 is 0 Å². The smallest absolute Gasteiger partial charge is 0.0720 e. The van der Waals surface area contributed by atoms with Crippen molar-refractivity contribution in [2.24, 2.45) is 0 Å². The van der Waals surface area contributed by atoms with Gasteiger partial charge in [-0.3, -0.25) is 0 Å². The fourth-order valence-corrected chi connectivity index (χ4v) is 8.25. The second-order valence-corrected chi connectivity index (χ2v) is 13.5. The molecule has 47 heavy (non-hydrogen) atoms. The largest absolute Gasteiger partial charge is 0.309 e. The molecule has 0 aliphatic carbocycles. The van der Waals surface area contributed by atoms with Gasteiger partial charge in [0.05, 0.1) is 16.1 Å². The number of fused-ring (bicyclic) bond motifs is 4. The van der Waals surface area contributed by atoms with Crippen molar-refractivity contribution in [1.82, 2.24) is 0 Å². The Bertz CT molecular complexity index is 2440. The molecule has 0 atom stereocenters. The molecule has 2 nitrogen and oxygen atoms in total. The van der Waals surface area contributed by atoms with Crippen LogP contribution >= 0.6 is 11.3 Å². The highest BCUT2D eigenvalue weighted by molar-refractivity contribution is 7.26. The van der Waals surface area contributed by atoms with Crippen LogP contribution in [0.2, 0.25) is 0 Å². The van der Waals surface area contributed by atoms with Gasteiger partial charge in [0.2, 0.25) is 0 Å². The Balaban J connectivity index is 1.59. The Morgan fingerprint density at radius 2 is 0.894 bits per heavy atom. The van der Waals surface area contributed by atoms with Gasteiger partial charge in [-0.2, -0.15) is 0 Å². The zero-order valence-electron chi connectivity index (χ0n) is 27.2. The summed E-state index contributed by atoms with van der Waals surface area (Å²) in [5.41, 5.74) is 12.0. The number of aryl methyl sites for hydroxylation is 4. The van der Waals surface area contributed by atoms with Crippen LogP contribution in [0.5, 0.6) is 0 Å². The van der Waals surface area contributed by atoms with E-state index in [0.717, 1.165) is 11.4 Å². The van der Waals surface area contributed by atoms with Crippen LogP contribution < -0.4 is 9.80 Å². The molecular formula is C44H36N2S. The van der Waals surface area contributed by atoms with Crippen molar-refractivity contribution in [3.63, 3.8) is 0 Å². The molecule has 3 heteroatoms. The molecule has 0 N–H and O–H groups in total. The van der Waals surface area contributed by atoms with Crippen molar-refractivity contribution in [3.05, 3.63) is 168 Å². The van der Waals surface area contributed by atoms with Gasteiger partial charge in [-0.25, -0.2) is 0 Å². The number of thiophene rings is 1. The molecule has 0 amide bonds. The molecular weight excluding hydrogens is 589 g/mol. The molecule has 1 aromatic heterocycles. The van der Waals surface area contributed by atoms with E-state index in [1.807, 2.05) is 11.3 Å². The van der Waals surface area contributed by atoms with E-state index in [9.17, 15) is 0 Å². The number of rotatable bonds is 6. The summed E-state index contributed by atoms with van der Waals surface area (Å²) >= 11 is 1.89. The van der Waals surface area contributed by atoms with E-state index in [-0.39, 0.29) is 0 Å². The molecule has 8 rings (SSSR count). The van der Waals surface area contributed by atoms with Crippen molar-refractivity contribution in [2.45, 2.75) is 27.7 Å². The third-order valence-electron chi connectivity index (χ3n) is 9.16. The minimum absolute atomic E-state index is 1.16. The summed E-state index contributed by atoms with van der Waals surface area (Å²) in [7, 11) is 0. The van der Waals surface area contributed by atoms with Crippen LogP contribution in [0.1, 0.15) is 22.3 Å².